The zero-order valence-corrected chi connectivity index (χ0v) is 12.2. The van der Waals surface area contributed by atoms with E-state index in [-0.39, 0.29) is 17.6 Å². The van der Waals surface area contributed by atoms with Gasteiger partial charge in [0.2, 0.25) is 0 Å². The van der Waals surface area contributed by atoms with Crippen LogP contribution >= 0.6 is 0 Å². The van der Waals surface area contributed by atoms with Gasteiger partial charge in [-0.25, -0.2) is 9.97 Å². The number of aromatic nitrogens is 2. The highest BCUT2D eigenvalue weighted by Crippen LogP contribution is 2.51. The van der Waals surface area contributed by atoms with Crippen LogP contribution < -0.4 is 4.90 Å². The van der Waals surface area contributed by atoms with Crippen LogP contribution in [-0.2, 0) is 4.74 Å². The van der Waals surface area contributed by atoms with E-state index in [1.807, 2.05) is 6.92 Å². The lowest BCUT2D eigenvalue weighted by Crippen LogP contribution is -2.62. The van der Waals surface area contributed by atoms with Gasteiger partial charge in [-0.3, -0.25) is 0 Å². The van der Waals surface area contributed by atoms with E-state index in [1.165, 1.54) is 6.20 Å². The topological polar surface area (TPSA) is 82.3 Å². The van der Waals surface area contributed by atoms with Gasteiger partial charge >= 0.3 is 0 Å². The number of aliphatic hydroxyl groups is 1. The molecule has 112 valence electrons. The Bertz CT molecular complexity index is 547. The second kappa shape index (κ2) is 5.58. The molecule has 3 rings (SSSR count). The molecule has 21 heavy (non-hydrogen) atoms. The Morgan fingerprint density at radius 1 is 1.43 bits per heavy atom. The van der Waals surface area contributed by atoms with Gasteiger partial charge in [-0.05, 0) is 19.8 Å². The van der Waals surface area contributed by atoms with Crippen molar-refractivity contribution in [2.45, 2.75) is 38.4 Å². The van der Waals surface area contributed by atoms with Crippen molar-refractivity contribution in [2.75, 3.05) is 24.6 Å². The zero-order valence-electron chi connectivity index (χ0n) is 12.2. The Hall–Kier alpha value is -1.71. The fraction of sp³-hybridized carbons (Fsp3) is 0.667. The Morgan fingerprint density at radius 2 is 2.14 bits per heavy atom. The maximum absolute atomic E-state index is 10.2. The molecule has 2 atom stereocenters. The van der Waals surface area contributed by atoms with Crippen LogP contribution in [0, 0.1) is 16.7 Å². The normalized spacial score (nSPS) is 27.2. The Labute approximate surface area is 124 Å². The number of nitrogens with zero attached hydrogens (tertiary/aromatic N) is 4. The largest absolute Gasteiger partial charge is 0.392 e. The number of nitriles is 1. The highest BCUT2D eigenvalue weighted by atomic mass is 16.5. The van der Waals surface area contributed by atoms with Crippen LogP contribution in [0.5, 0.6) is 0 Å². The van der Waals surface area contributed by atoms with Crippen LogP contribution in [0.4, 0.5) is 5.82 Å². The van der Waals surface area contributed by atoms with Crippen LogP contribution in [0.3, 0.4) is 0 Å². The SMILES string of the molecule is CCOC1CC(O)C12CCN(c1nccnc1C#N)CC2. The number of piperidine rings is 1. The summed E-state index contributed by atoms with van der Waals surface area (Å²) in [6, 6.07) is 2.09. The average Bonchev–Trinajstić information content (AvgIpc) is 2.55. The first-order valence-electron chi connectivity index (χ1n) is 7.47. The minimum atomic E-state index is -0.270. The van der Waals surface area contributed by atoms with Crippen molar-refractivity contribution in [1.29, 1.82) is 5.26 Å². The van der Waals surface area contributed by atoms with E-state index in [4.69, 9.17) is 10.00 Å². The minimum absolute atomic E-state index is 0.110. The summed E-state index contributed by atoms with van der Waals surface area (Å²) in [4.78, 5) is 10.4. The summed E-state index contributed by atoms with van der Waals surface area (Å²) in [5.74, 6) is 0.650. The smallest absolute Gasteiger partial charge is 0.183 e. The average molecular weight is 288 g/mol. The summed E-state index contributed by atoms with van der Waals surface area (Å²) < 4.78 is 5.77. The lowest BCUT2D eigenvalue weighted by molar-refractivity contribution is -0.199. The van der Waals surface area contributed by atoms with E-state index in [0.29, 0.717) is 18.1 Å². The Morgan fingerprint density at radius 3 is 2.76 bits per heavy atom. The molecule has 0 aromatic carbocycles. The predicted molar refractivity (Wildman–Crippen MR) is 76.7 cm³/mol. The van der Waals surface area contributed by atoms with E-state index in [0.717, 1.165) is 32.4 Å². The molecule has 1 saturated carbocycles. The number of ether oxygens (including phenoxy) is 1. The maximum Gasteiger partial charge on any atom is 0.183 e. The third-order valence-electron chi connectivity index (χ3n) is 4.89. The fourth-order valence-corrected chi connectivity index (χ4v) is 3.59. The van der Waals surface area contributed by atoms with Crippen molar-refractivity contribution in [3.05, 3.63) is 18.1 Å². The first-order valence-corrected chi connectivity index (χ1v) is 7.47. The molecule has 1 aliphatic carbocycles. The molecular formula is C15H20N4O2. The summed E-state index contributed by atoms with van der Waals surface area (Å²) in [5.41, 5.74) is 0.255. The van der Waals surface area contributed by atoms with E-state index in [1.54, 1.807) is 6.20 Å². The Balaban J connectivity index is 1.72. The molecule has 2 heterocycles. The lowest BCUT2D eigenvalue weighted by atomic mass is 9.58. The Kier molecular flexibility index (Phi) is 3.79. The van der Waals surface area contributed by atoms with Gasteiger partial charge in [0.05, 0.1) is 12.2 Å². The third kappa shape index (κ3) is 2.27. The summed E-state index contributed by atoms with van der Waals surface area (Å²) in [5, 5.41) is 19.3. The quantitative estimate of drug-likeness (QED) is 0.897. The summed E-state index contributed by atoms with van der Waals surface area (Å²) in [7, 11) is 0. The molecule has 1 aromatic rings. The van der Waals surface area contributed by atoms with E-state index in [2.05, 4.69) is 20.9 Å². The van der Waals surface area contributed by atoms with Crippen LogP contribution in [0.1, 0.15) is 31.9 Å². The van der Waals surface area contributed by atoms with Crippen molar-refractivity contribution >= 4 is 5.82 Å². The lowest BCUT2D eigenvalue weighted by Gasteiger charge is -2.56. The molecule has 1 aromatic heterocycles. The van der Waals surface area contributed by atoms with Crippen LogP contribution in [-0.4, -0.2) is 47.0 Å². The molecular weight excluding hydrogens is 268 g/mol. The standard InChI is InChI=1S/C15H20N4O2/c1-2-21-13-9-12(20)15(13)3-7-19(8-4-15)14-11(10-16)17-5-6-18-14/h5-6,12-13,20H,2-4,7-9H2,1H3. The van der Waals surface area contributed by atoms with Crippen molar-refractivity contribution in [3.63, 3.8) is 0 Å². The molecule has 1 spiro atoms. The molecule has 6 nitrogen and oxygen atoms in total. The highest BCUT2D eigenvalue weighted by Gasteiger charge is 2.56. The number of rotatable bonds is 3. The van der Waals surface area contributed by atoms with Gasteiger partial charge in [0.25, 0.3) is 0 Å². The van der Waals surface area contributed by atoms with E-state index >= 15 is 0 Å². The maximum atomic E-state index is 10.2. The molecule has 2 fully saturated rings. The molecule has 0 amide bonds. The molecule has 1 N–H and O–H groups in total. The van der Waals surface area contributed by atoms with Crippen LogP contribution in [0.25, 0.3) is 0 Å². The van der Waals surface area contributed by atoms with Crippen LogP contribution in [0.15, 0.2) is 12.4 Å². The molecule has 1 saturated heterocycles. The predicted octanol–water partition coefficient (Wildman–Crippen LogP) is 1.10. The number of hydrogen-bond acceptors (Lipinski definition) is 6. The van der Waals surface area contributed by atoms with Gasteiger partial charge in [0, 0.05) is 43.9 Å². The molecule has 2 unspecified atom stereocenters. The third-order valence-corrected chi connectivity index (χ3v) is 4.89. The van der Waals surface area contributed by atoms with Gasteiger partial charge in [-0.1, -0.05) is 0 Å². The molecule has 2 aliphatic rings. The molecule has 6 heteroatoms. The van der Waals surface area contributed by atoms with Crippen molar-refractivity contribution < 1.29 is 9.84 Å². The number of aliphatic hydroxyl groups excluding tert-OH is 1. The first-order chi connectivity index (χ1) is 10.2. The molecule has 0 bridgehead atoms. The fourth-order valence-electron chi connectivity index (χ4n) is 3.59. The van der Waals surface area contributed by atoms with Crippen molar-refractivity contribution in [2.24, 2.45) is 5.41 Å². The number of hydrogen-bond donors (Lipinski definition) is 1. The number of anilines is 1. The molecule has 1 aliphatic heterocycles. The van der Waals surface area contributed by atoms with Gasteiger partial charge in [0.1, 0.15) is 6.07 Å². The zero-order chi connectivity index (χ0) is 14.9. The highest BCUT2D eigenvalue weighted by molar-refractivity contribution is 5.49. The van der Waals surface area contributed by atoms with E-state index in [9.17, 15) is 5.11 Å². The van der Waals surface area contributed by atoms with Gasteiger partial charge in [-0.15, -0.1) is 0 Å². The van der Waals surface area contributed by atoms with Crippen molar-refractivity contribution in [3.8, 4) is 6.07 Å². The van der Waals surface area contributed by atoms with Crippen LogP contribution in [0.2, 0.25) is 0 Å². The monoisotopic (exact) mass is 288 g/mol. The second-order valence-electron chi connectivity index (χ2n) is 5.76. The minimum Gasteiger partial charge on any atom is -0.392 e. The van der Waals surface area contributed by atoms with Gasteiger partial charge in [-0.2, -0.15) is 5.26 Å². The first kappa shape index (κ1) is 14.2. The van der Waals surface area contributed by atoms with Gasteiger partial charge in [0.15, 0.2) is 11.5 Å². The molecule has 0 radical (unpaired) electrons. The summed E-state index contributed by atoms with van der Waals surface area (Å²) in [6.07, 6.45) is 5.50. The second-order valence-corrected chi connectivity index (χ2v) is 5.76. The summed E-state index contributed by atoms with van der Waals surface area (Å²) >= 11 is 0. The van der Waals surface area contributed by atoms with Gasteiger partial charge < -0.3 is 14.7 Å². The summed E-state index contributed by atoms with van der Waals surface area (Å²) in [6.45, 7) is 4.22. The van der Waals surface area contributed by atoms with Crippen molar-refractivity contribution in [1.82, 2.24) is 9.97 Å². The van der Waals surface area contributed by atoms with E-state index < -0.39 is 0 Å².